The zero-order valence-corrected chi connectivity index (χ0v) is 15.2. The molecule has 130 valence electrons. The van der Waals surface area contributed by atoms with Crippen LogP contribution in [0.4, 0.5) is 8.78 Å². The Morgan fingerprint density at radius 2 is 1.48 bits per heavy atom. The van der Waals surface area contributed by atoms with Crippen LogP contribution in [0.5, 0.6) is 0 Å². The van der Waals surface area contributed by atoms with Crippen LogP contribution in [0.25, 0.3) is 5.57 Å². The highest BCUT2D eigenvalue weighted by Gasteiger charge is 2.36. The van der Waals surface area contributed by atoms with E-state index >= 15 is 0 Å². The van der Waals surface area contributed by atoms with Gasteiger partial charge in [0.2, 0.25) is 0 Å². The van der Waals surface area contributed by atoms with Crippen LogP contribution in [-0.2, 0) is 15.9 Å². The number of rotatable bonds is 3. The zero-order valence-electron chi connectivity index (χ0n) is 15.2. The molecule has 0 radical (unpaired) electrons. The number of halogens is 2. The van der Waals surface area contributed by atoms with Gasteiger partial charge in [0.15, 0.2) is 0 Å². The lowest BCUT2D eigenvalue weighted by Crippen LogP contribution is -2.48. The predicted molar refractivity (Wildman–Crippen MR) is 90.5 cm³/mol. The summed E-state index contributed by atoms with van der Waals surface area (Å²) in [7, 11) is 3.39. The van der Waals surface area contributed by atoms with Crippen LogP contribution in [0, 0.1) is 11.6 Å². The maximum atomic E-state index is 13.3. The quantitative estimate of drug-likeness (QED) is 0.764. The van der Waals surface area contributed by atoms with E-state index in [-0.39, 0.29) is 11.2 Å². The van der Waals surface area contributed by atoms with Crippen LogP contribution in [-0.4, -0.2) is 25.4 Å². The number of ether oxygens (including phenoxy) is 2. The number of fused-ring (bicyclic) bond motifs is 1. The van der Waals surface area contributed by atoms with Crippen LogP contribution < -0.4 is 0 Å². The standard InChI is InChI=1S/C11H10F2.C8H18O2/c1-7-3-2-4-8-5-9(12)6-10(13)11(7)8;1-7(2,9-5)8(3,4)10-6/h3,5-6H,2,4H2,1H3;1-6H3. The lowest BCUT2D eigenvalue weighted by atomic mass is 9.89. The molecule has 0 fully saturated rings. The van der Waals surface area contributed by atoms with E-state index in [2.05, 4.69) is 0 Å². The SMILES string of the molecule is CC1=CCCc2cc(F)cc(F)c21.COC(C)(C)C(C)(C)OC. The van der Waals surface area contributed by atoms with Crippen LogP contribution in [0.1, 0.15) is 52.2 Å². The van der Waals surface area contributed by atoms with E-state index in [0.29, 0.717) is 5.56 Å². The summed E-state index contributed by atoms with van der Waals surface area (Å²) in [6.07, 6.45) is 3.60. The molecule has 2 rings (SSSR count). The molecule has 1 aromatic carbocycles. The maximum Gasteiger partial charge on any atom is 0.133 e. The topological polar surface area (TPSA) is 18.5 Å². The first-order chi connectivity index (χ1) is 10.6. The third-order valence-corrected chi connectivity index (χ3v) is 4.87. The van der Waals surface area contributed by atoms with E-state index in [4.69, 9.17) is 9.47 Å². The van der Waals surface area contributed by atoms with Crippen molar-refractivity contribution >= 4 is 5.57 Å². The Morgan fingerprint density at radius 3 is 1.96 bits per heavy atom. The summed E-state index contributed by atoms with van der Waals surface area (Å²) >= 11 is 0. The zero-order chi connectivity index (χ0) is 17.8. The fraction of sp³-hybridized carbons (Fsp3) is 0.579. The molecule has 0 saturated heterocycles. The van der Waals surface area contributed by atoms with Gasteiger partial charge in [-0.3, -0.25) is 0 Å². The Bertz CT molecular complexity index is 561. The summed E-state index contributed by atoms with van der Waals surface area (Å²) in [5, 5.41) is 0. The minimum atomic E-state index is -0.481. The Hall–Kier alpha value is -1.26. The minimum Gasteiger partial charge on any atom is -0.376 e. The van der Waals surface area contributed by atoms with Crippen LogP contribution in [0.2, 0.25) is 0 Å². The first-order valence-corrected chi connectivity index (χ1v) is 7.81. The van der Waals surface area contributed by atoms with Crippen molar-refractivity contribution in [1.29, 1.82) is 0 Å². The molecule has 0 N–H and O–H groups in total. The average Bonchev–Trinajstić information content (AvgIpc) is 2.47. The normalized spacial score (nSPS) is 14.6. The Kier molecular flexibility index (Phi) is 6.49. The molecule has 0 spiro atoms. The van der Waals surface area contributed by atoms with Gasteiger partial charge in [0.1, 0.15) is 11.6 Å². The van der Waals surface area contributed by atoms with Crippen molar-refractivity contribution in [2.75, 3.05) is 14.2 Å². The summed E-state index contributed by atoms with van der Waals surface area (Å²) in [5.41, 5.74) is 1.83. The molecule has 0 amide bonds. The Morgan fingerprint density at radius 1 is 0.957 bits per heavy atom. The van der Waals surface area contributed by atoms with E-state index in [1.165, 1.54) is 6.07 Å². The monoisotopic (exact) mass is 326 g/mol. The third-order valence-electron chi connectivity index (χ3n) is 4.87. The number of hydrogen-bond donors (Lipinski definition) is 0. The number of benzene rings is 1. The van der Waals surface area contributed by atoms with E-state index < -0.39 is 11.6 Å². The second-order valence-corrected chi connectivity index (χ2v) is 6.78. The lowest BCUT2D eigenvalue weighted by Gasteiger charge is -2.38. The molecule has 1 aliphatic rings. The van der Waals surface area contributed by atoms with Crippen molar-refractivity contribution in [2.45, 2.75) is 58.7 Å². The lowest BCUT2D eigenvalue weighted by molar-refractivity contribution is -0.147. The fourth-order valence-corrected chi connectivity index (χ4v) is 2.30. The first-order valence-electron chi connectivity index (χ1n) is 7.81. The Labute approximate surface area is 138 Å². The molecule has 0 saturated carbocycles. The van der Waals surface area contributed by atoms with Crippen molar-refractivity contribution < 1.29 is 18.3 Å². The van der Waals surface area contributed by atoms with Gasteiger partial charge in [0.05, 0.1) is 11.2 Å². The van der Waals surface area contributed by atoms with Gasteiger partial charge >= 0.3 is 0 Å². The fourth-order valence-electron chi connectivity index (χ4n) is 2.30. The molecule has 0 heterocycles. The number of aryl methyl sites for hydroxylation is 1. The Balaban J connectivity index is 0.000000241. The van der Waals surface area contributed by atoms with Gasteiger partial charge in [0, 0.05) is 25.8 Å². The molecule has 0 bridgehead atoms. The predicted octanol–water partition coefficient (Wildman–Crippen LogP) is 5.15. The second-order valence-electron chi connectivity index (χ2n) is 6.78. The van der Waals surface area contributed by atoms with Crippen molar-refractivity contribution in [1.82, 2.24) is 0 Å². The van der Waals surface area contributed by atoms with Gasteiger partial charge in [-0.2, -0.15) is 0 Å². The van der Waals surface area contributed by atoms with Gasteiger partial charge in [-0.05, 0) is 64.7 Å². The summed E-state index contributed by atoms with van der Waals surface area (Å²) in [4.78, 5) is 0. The summed E-state index contributed by atoms with van der Waals surface area (Å²) < 4.78 is 36.7. The van der Waals surface area contributed by atoms with Crippen LogP contribution in [0.15, 0.2) is 18.2 Å². The van der Waals surface area contributed by atoms with Crippen LogP contribution in [0.3, 0.4) is 0 Å². The molecule has 0 aliphatic heterocycles. The summed E-state index contributed by atoms with van der Waals surface area (Å²) in [6.45, 7) is 9.90. The maximum absolute atomic E-state index is 13.3. The van der Waals surface area contributed by atoms with Crippen molar-refractivity contribution in [2.24, 2.45) is 0 Å². The van der Waals surface area contributed by atoms with E-state index in [1.807, 2.05) is 40.7 Å². The van der Waals surface area contributed by atoms with E-state index in [1.54, 1.807) is 14.2 Å². The third kappa shape index (κ3) is 4.61. The van der Waals surface area contributed by atoms with Gasteiger partial charge in [-0.15, -0.1) is 0 Å². The first kappa shape index (κ1) is 19.8. The molecule has 4 heteroatoms. The van der Waals surface area contributed by atoms with Gasteiger partial charge in [-0.25, -0.2) is 8.78 Å². The molecule has 0 atom stereocenters. The van der Waals surface area contributed by atoms with E-state index in [9.17, 15) is 8.78 Å². The van der Waals surface area contributed by atoms with Gasteiger partial charge < -0.3 is 9.47 Å². The minimum absolute atomic E-state index is 0.234. The van der Waals surface area contributed by atoms with E-state index in [0.717, 1.165) is 30.0 Å². The smallest absolute Gasteiger partial charge is 0.133 e. The molecule has 1 aromatic rings. The highest BCUT2D eigenvalue weighted by atomic mass is 19.1. The highest BCUT2D eigenvalue weighted by Crippen LogP contribution is 2.29. The number of methoxy groups -OCH3 is 2. The van der Waals surface area contributed by atoms with Gasteiger partial charge in [-0.1, -0.05) is 6.08 Å². The van der Waals surface area contributed by atoms with Crippen LogP contribution >= 0.6 is 0 Å². The van der Waals surface area contributed by atoms with Crippen molar-refractivity contribution in [3.63, 3.8) is 0 Å². The molecule has 2 nitrogen and oxygen atoms in total. The molecular formula is C19H28F2O2. The van der Waals surface area contributed by atoms with Gasteiger partial charge in [0.25, 0.3) is 0 Å². The highest BCUT2D eigenvalue weighted by molar-refractivity contribution is 5.68. The number of allylic oxidation sites excluding steroid dienone is 2. The average molecular weight is 326 g/mol. The summed E-state index contributed by atoms with van der Waals surface area (Å²) in [5.74, 6) is -0.922. The van der Waals surface area contributed by atoms with Crippen molar-refractivity contribution in [3.8, 4) is 0 Å². The molecule has 1 aliphatic carbocycles. The second kappa shape index (κ2) is 7.54. The molecule has 23 heavy (non-hydrogen) atoms. The largest absolute Gasteiger partial charge is 0.376 e. The molecule has 0 unspecified atom stereocenters. The van der Waals surface area contributed by atoms with Crippen molar-refractivity contribution in [3.05, 3.63) is 41.0 Å². The molecular weight excluding hydrogens is 298 g/mol. The summed E-state index contributed by atoms with van der Waals surface area (Å²) in [6, 6.07) is 2.37. The number of hydrogen-bond acceptors (Lipinski definition) is 2. The molecule has 0 aromatic heterocycles.